The van der Waals surface area contributed by atoms with Gasteiger partial charge in [0.2, 0.25) is 5.91 Å². The number of pyridine rings is 1. The quantitative estimate of drug-likeness (QED) is 0.826. The molecule has 3 heterocycles. The van der Waals surface area contributed by atoms with Crippen LogP contribution in [-0.4, -0.2) is 51.2 Å². The summed E-state index contributed by atoms with van der Waals surface area (Å²) in [5.74, 6) is 0.557. The lowest BCUT2D eigenvalue weighted by atomic mass is 9.85. The normalized spacial score (nSPS) is 23.0. The molecule has 1 saturated heterocycles. The second kappa shape index (κ2) is 6.70. The third kappa shape index (κ3) is 3.06. The SMILES string of the molecule is CC1CN(c2ccc(F)cn2)CCN1C(=O)C1CCCc2nn(C)cc21. The molecule has 2 atom stereocenters. The molecule has 0 bridgehead atoms. The minimum atomic E-state index is -0.333. The molecular weight excluding hydrogens is 333 g/mol. The maximum atomic E-state index is 13.2. The Morgan fingerprint density at radius 1 is 1.31 bits per heavy atom. The minimum Gasteiger partial charge on any atom is -0.353 e. The Balaban J connectivity index is 1.48. The second-order valence-electron chi connectivity index (χ2n) is 7.31. The average Bonchev–Trinajstić information content (AvgIpc) is 3.02. The zero-order chi connectivity index (χ0) is 18.3. The third-order valence-corrected chi connectivity index (χ3v) is 5.46. The highest BCUT2D eigenvalue weighted by Crippen LogP contribution is 2.33. The fourth-order valence-corrected chi connectivity index (χ4v) is 4.17. The highest BCUT2D eigenvalue weighted by Gasteiger charge is 2.36. The molecule has 1 fully saturated rings. The van der Waals surface area contributed by atoms with Crippen LogP contribution in [0.2, 0.25) is 0 Å². The van der Waals surface area contributed by atoms with Gasteiger partial charge in [-0.2, -0.15) is 5.10 Å². The number of carbonyl (C=O) groups is 1. The summed E-state index contributed by atoms with van der Waals surface area (Å²) in [7, 11) is 1.91. The van der Waals surface area contributed by atoms with Crippen molar-refractivity contribution in [3.8, 4) is 0 Å². The number of halogens is 1. The van der Waals surface area contributed by atoms with Gasteiger partial charge in [0.25, 0.3) is 0 Å². The fraction of sp³-hybridized carbons (Fsp3) is 0.526. The fourth-order valence-electron chi connectivity index (χ4n) is 4.17. The average molecular weight is 357 g/mol. The Morgan fingerprint density at radius 2 is 2.15 bits per heavy atom. The summed E-state index contributed by atoms with van der Waals surface area (Å²) >= 11 is 0. The largest absolute Gasteiger partial charge is 0.353 e. The molecule has 0 saturated carbocycles. The predicted molar refractivity (Wildman–Crippen MR) is 96.5 cm³/mol. The number of piperazine rings is 1. The molecule has 0 spiro atoms. The van der Waals surface area contributed by atoms with E-state index in [0.29, 0.717) is 19.6 Å². The highest BCUT2D eigenvalue weighted by atomic mass is 19.1. The molecule has 0 radical (unpaired) electrons. The van der Waals surface area contributed by atoms with Crippen LogP contribution in [0.25, 0.3) is 0 Å². The summed E-state index contributed by atoms with van der Waals surface area (Å²) in [4.78, 5) is 21.5. The van der Waals surface area contributed by atoms with Gasteiger partial charge in [-0.15, -0.1) is 0 Å². The Labute approximate surface area is 152 Å². The topological polar surface area (TPSA) is 54.3 Å². The van der Waals surface area contributed by atoms with Crippen molar-refractivity contribution in [2.45, 2.75) is 38.1 Å². The van der Waals surface area contributed by atoms with Gasteiger partial charge < -0.3 is 9.80 Å². The molecule has 138 valence electrons. The Kier molecular flexibility index (Phi) is 4.38. The summed E-state index contributed by atoms with van der Waals surface area (Å²) in [5.41, 5.74) is 2.16. The van der Waals surface area contributed by atoms with Crippen molar-refractivity contribution in [3.63, 3.8) is 0 Å². The molecule has 0 aromatic carbocycles. The lowest BCUT2D eigenvalue weighted by molar-refractivity contribution is -0.135. The van der Waals surface area contributed by atoms with Gasteiger partial charge >= 0.3 is 0 Å². The number of hydrogen-bond donors (Lipinski definition) is 0. The van der Waals surface area contributed by atoms with E-state index >= 15 is 0 Å². The lowest BCUT2D eigenvalue weighted by Crippen LogP contribution is -2.55. The first kappa shape index (κ1) is 17.0. The molecule has 2 aliphatic rings. The molecule has 6 nitrogen and oxygen atoms in total. The third-order valence-electron chi connectivity index (χ3n) is 5.46. The number of aromatic nitrogens is 3. The first-order valence-corrected chi connectivity index (χ1v) is 9.22. The van der Waals surface area contributed by atoms with E-state index in [4.69, 9.17) is 0 Å². The summed E-state index contributed by atoms with van der Waals surface area (Å²) in [6, 6.07) is 3.21. The van der Waals surface area contributed by atoms with Gasteiger partial charge in [-0.1, -0.05) is 0 Å². The number of aryl methyl sites for hydroxylation is 2. The molecule has 1 aliphatic heterocycles. The van der Waals surface area contributed by atoms with Crippen LogP contribution in [0.15, 0.2) is 24.5 Å². The van der Waals surface area contributed by atoms with E-state index in [-0.39, 0.29) is 23.7 Å². The predicted octanol–water partition coefficient (Wildman–Crippen LogP) is 2.11. The molecule has 2 aromatic heterocycles. The zero-order valence-electron chi connectivity index (χ0n) is 15.2. The molecule has 2 aromatic rings. The van der Waals surface area contributed by atoms with Crippen molar-refractivity contribution in [2.24, 2.45) is 7.05 Å². The summed E-state index contributed by atoms with van der Waals surface area (Å²) in [6.07, 6.45) is 6.10. The zero-order valence-corrected chi connectivity index (χ0v) is 15.2. The molecule has 0 N–H and O–H groups in total. The van der Waals surface area contributed by atoms with Crippen LogP contribution in [0, 0.1) is 5.82 Å². The van der Waals surface area contributed by atoms with Gasteiger partial charge in [0.05, 0.1) is 17.8 Å². The number of hydrogen-bond acceptors (Lipinski definition) is 4. The van der Waals surface area contributed by atoms with Crippen molar-refractivity contribution in [1.29, 1.82) is 0 Å². The molecule has 1 aliphatic carbocycles. The number of fused-ring (bicyclic) bond motifs is 1. The Hall–Kier alpha value is -2.44. The number of anilines is 1. The van der Waals surface area contributed by atoms with Crippen molar-refractivity contribution < 1.29 is 9.18 Å². The lowest BCUT2D eigenvalue weighted by Gasteiger charge is -2.42. The van der Waals surface area contributed by atoms with E-state index in [9.17, 15) is 9.18 Å². The van der Waals surface area contributed by atoms with Crippen LogP contribution in [0.5, 0.6) is 0 Å². The number of nitrogens with zero attached hydrogens (tertiary/aromatic N) is 5. The van der Waals surface area contributed by atoms with Crippen LogP contribution in [-0.2, 0) is 18.3 Å². The van der Waals surface area contributed by atoms with Crippen LogP contribution in [0.1, 0.15) is 36.9 Å². The monoisotopic (exact) mass is 357 g/mol. The van der Waals surface area contributed by atoms with E-state index < -0.39 is 0 Å². The summed E-state index contributed by atoms with van der Waals surface area (Å²) < 4.78 is 14.9. The van der Waals surface area contributed by atoms with Gasteiger partial charge in [0.1, 0.15) is 11.6 Å². The van der Waals surface area contributed by atoms with E-state index in [0.717, 1.165) is 36.3 Å². The van der Waals surface area contributed by atoms with Crippen LogP contribution in [0.3, 0.4) is 0 Å². The summed E-state index contributed by atoms with van der Waals surface area (Å²) in [5, 5.41) is 4.51. The van der Waals surface area contributed by atoms with E-state index in [2.05, 4.69) is 21.9 Å². The number of amides is 1. The number of rotatable bonds is 2. The molecule has 7 heteroatoms. The first-order chi connectivity index (χ1) is 12.5. The minimum absolute atomic E-state index is 0.0783. The van der Waals surface area contributed by atoms with Gasteiger partial charge in [0, 0.05) is 44.5 Å². The number of carbonyl (C=O) groups excluding carboxylic acids is 1. The van der Waals surface area contributed by atoms with Gasteiger partial charge in [-0.3, -0.25) is 9.48 Å². The maximum absolute atomic E-state index is 13.2. The van der Waals surface area contributed by atoms with Crippen LogP contribution < -0.4 is 4.90 Å². The van der Waals surface area contributed by atoms with E-state index in [1.807, 2.05) is 22.8 Å². The molecular formula is C19H24FN5O. The Bertz CT molecular complexity index is 803. The highest BCUT2D eigenvalue weighted by molar-refractivity contribution is 5.84. The van der Waals surface area contributed by atoms with Gasteiger partial charge in [-0.05, 0) is 38.3 Å². The first-order valence-electron chi connectivity index (χ1n) is 9.22. The maximum Gasteiger partial charge on any atom is 0.230 e. The van der Waals surface area contributed by atoms with Crippen molar-refractivity contribution in [3.05, 3.63) is 41.6 Å². The van der Waals surface area contributed by atoms with Crippen molar-refractivity contribution in [2.75, 3.05) is 24.5 Å². The molecule has 4 rings (SSSR count). The van der Waals surface area contributed by atoms with Gasteiger partial charge in [-0.25, -0.2) is 9.37 Å². The summed E-state index contributed by atoms with van der Waals surface area (Å²) in [6.45, 7) is 4.14. The van der Waals surface area contributed by atoms with E-state index in [1.54, 1.807) is 6.07 Å². The standard InChI is InChI=1S/C19H24FN5O/c1-13-11-24(18-7-6-14(20)10-21-18)8-9-25(13)19(26)15-4-3-5-17-16(15)12-23(2)22-17/h6-7,10,12-13,15H,3-5,8-9,11H2,1-2H3. The Morgan fingerprint density at radius 3 is 2.88 bits per heavy atom. The van der Waals surface area contributed by atoms with Crippen molar-refractivity contribution in [1.82, 2.24) is 19.7 Å². The van der Waals surface area contributed by atoms with Crippen molar-refractivity contribution >= 4 is 11.7 Å². The molecule has 1 amide bonds. The van der Waals surface area contributed by atoms with Crippen LogP contribution in [0.4, 0.5) is 10.2 Å². The van der Waals surface area contributed by atoms with E-state index in [1.165, 1.54) is 12.3 Å². The van der Waals surface area contributed by atoms with Crippen LogP contribution >= 0.6 is 0 Å². The van der Waals surface area contributed by atoms with Gasteiger partial charge in [0.15, 0.2) is 0 Å². The smallest absolute Gasteiger partial charge is 0.230 e. The second-order valence-corrected chi connectivity index (χ2v) is 7.31. The molecule has 26 heavy (non-hydrogen) atoms. The molecule has 2 unspecified atom stereocenters.